The molecule has 0 bridgehead atoms. The topological polar surface area (TPSA) is 71.5 Å². The summed E-state index contributed by atoms with van der Waals surface area (Å²) in [6, 6.07) is 3.81. The molecule has 1 aromatic rings. The number of ether oxygens (including phenoxy) is 1. The molecule has 130 valence electrons. The summed E-state index contributed by atoms with van der Waals surface area (Å²) in [5, 5.41) is 2.98. The van der Waals surface area contributed by atoms with E-state index in [1.54, 1.807) is 12.4 Å². The Morgan fingerprint density at radius 1 is 1.17 bits per heavy atom. The number of aromatic nitrogens is 1. The Hall–Kier alpha value is -1.95. The first-order valence-electron chi connectivity index (χ1n) is 8.77. The highest BCUT2D eigenvalue weighted by Gasteiger charge is 2.31. The van der Waals surface area contributed by atoms with Gasteiger partial charge in [0.2, 0.25) is 11.8 Å². The van der Waals surface area contributed by atoms with Crippen molar-refractivity contribution in [2.45, 2.75) is 32.2 Å². The highest BCUT2D eigenvalue weighted by molar-refractivity contribution is 5.81. The summed E-state index contributed by atoms with van der Waals surface area (Å²) in [5.41, 5.74) is 0.998. The van der Waals surface area contributed by atoms with Gasteiger partial charge in [0.1, 0.15) is 0 Å². The van der Waals surface area contributed by atoms with Crippen LogP contribution in [0, 0.1) is 11.8 Å². The third kappa shape index (κ3) is 4.32. The van der Waals surface area contributed by atoms with Crippen LogP contribution in [-0.4, -0.2) is 48.0 Å². The fourth-order valence-corrected chi connectivity index (χ4v) is 3.40. The number of hydrogen-bond donors (Lipinski definition) is 1. The summed E-state index contributed by atoms with van der Waals surface area (Å²) in [5.74, 6) is 0.430. The van der Waals surface area contributed by atoms with Gasteiger partial charge < -0.3 is 15.0 Å². The molecule has 0 saturated carbocycles. The van der Waals surface area contributed by atoms with E-state index in [0.717, 1.165) is 31.2 Å². The van der Waals surface area contributed by atoms with Gasteiger partial charge in [0, 0.05) is 57.1 Å². The van der Waals surface area contributed by atoms with Crippen LogP contribution in [0.5, 0.6) is 0 Å². The van der Waals surface area contributed by atoms with E-state index in [9.17, 15) is 9.59 Å². The fourth-order valence-electron chi connectivity index (χ4n) is 3.40. The second-order valence-electron chi connectivity index (χ2n) is 6.57. The smallest absolute Gasteiger partial charge is 0.225 e. The molecule has 2 amide bonds. The fraction of sp³-hybridized carbons (Fsp3) is 0.611. The van der Waals surface area contributed by atoms with Crippen LogP contribution in [0.15, 0.2) is 24.5 Å². The standard InChI is InChI=1S/C18H25N3O3/c22-17(20-13-14-2-1-7-19-12-14)15-3-8-21(9-4-15)18(23)16-5-10-24-11-6-16/h1-2,7,12,15-16H,3-6,8-11,13H2,(H,20,22). The Labute approximate surface area is 142 Å². The van der Waals surface area contributed by atoms with E-state index in [2.05, 4.69) is 10.3 Å². The molecule has 0 radical (unpaired) electrons. The first-order valence-corrected chi connectivity index (χ1v) is 8.77. The van der Waals surface area contributed by atoms with Gasteiger partial charge in [-0.3, -0.25) is 14.6 Å². The number of nitrogens with zero attached hydrogens (tertiary/aromatic N) is 2. The van der Waals surface area contributed by atoms with Crippen molar-refractivity contribution in [1.29, 1.82) is 0 Å². The van der Waals surface area contributed by atoms with Crippen molar-refractivity contribution in [3.63, 3.8) is 0 Å². The lowest BCUT2D eigenvalue weighted by molar-refractivity contribution is -0.141. The van der Waals surface area contributed by atoms with Gasteiger partial charge in [-0.05, 0) is 37.3 Å². The lowest BCUT2D eigenvalue weighted by Gasteiger charge is -2.34. The Kier molecular flexibility index (Phi) is 5.80. The number of carbonyl (C=O) groups excluding carboxylic acids is 2. The van der Waals surface area contributed by atoms with E-state index >= 15 is 0 Å². The summed E-state index contributed by atoms with van der Waals surface area (Å²) < 4.78 is 5.32. The average molecular weight is 331 g/mol. The molecule has 0 atom stereocenters. The molecule has 2 fully saturated rings. The first-order chi connectivity index (χ1) is 11.7. The Balaban J connectivity index is 1.42. The van der Waals surface area contributed by atoms with Gasteiger partial charge in [-0.15, -0.1) is 0 Å². The second kappa shape index (κ2) is 8.24. The van der Waals surface area contributed by atoms with Gasteiger partial charge in [0.15, 0.2) is 0 Å². The van der Waals surface area contributed by atoms with Crippen LogP contribution in [0.1, 0.15) is 31.2 Å². The molecule has 2 saturated heterocycles. The molecule has 24 heavy (non-hydrogen) atoms. The molecule has 0 unspecified atom stereocenters. The number of piperidine rings is 1. The molecule has 6 nitrogen and oxygen atoms in total. The summed E-state index contributed by atoms with van der Waals surface area (Å²) in [6.45, 7) is 3.24. The molecule has 0 aromatic carbocycles. The van der Waals surface area contributed by atoms with Crippen molar-refractivity contribution in [3.8, 4) is 0 Å². The summed E-state index contributed by atoms with van der Waals surface area (Å²) >= 11 is 0. The molecule has 0 aliphatic carbocycles. The van der Waals surface area contributed by atoms with Gasteiger partial charge in [-0.25, -0.2) is 0 Å². The first kappa shape index (κ1) is 16.9. The molecule has 2 aliphatic heterocycles. The lowest BCUT2D eigenvalue weighted by atomic mass is 9.93. The van der Waals surface area contributed by atoms with Crippen LogP contribution in [0.25, 0.3) is 0 Å². The van der Waals surface area contributed by atoms with Crippen molar-refractivity contribution < 1.29 is 14.3 Å². The van der Waals surface area contributed by atoms with Crippen molar-refractivity contribution in [1.82, 2.24) is 15.2 Å². The number of nitrogens with one attached hydrogen (secondary N) is 1. The zero-order valence-electron chi connectivity index (χ0n) is 13.9. The highest BCUT2D eigenvalue weighted by Crippen LogP contribution is 2.23. The van der Waals surface area contributed by atoms with Gasteiger partial charge in [0.25, 0.3) is 0 Å². The Morgan fingerprint density at radius 3 is 2.58 bits per heavy atom. The molecule has 3 rings (SSSR count). The Morgan fingerprint density at radius 2 is 1.92 bits per heavy atom. The number of amides is 2. The summed E-state index contributed by atoms with van der Waals surface area (Å²) in [6.07, 6.45) is 6.61. The molecule has 1 N–H and O–H groups in total. The highest BCUT2D eigenvalue weighted by atomic mass is 16.5. The van der Waals surface area contributed by atoms with Crippen LogP contribution >= 0.6 is 0 Å². The molecular weight excluding hydrogens is 306 g/mol. The van der Waals surface area contributed by atoms with Crippen molar-refractivity contribution >= 4 is 11.8 Å². The molecular formula is C18H25N3O3. The minimum Gasteiger partial charge on any atom is -0.381 e. The number of hydrogen-bond acceptors (Lipinski definition) is 4. The van der Waals surface area contributed by atoms with Gasteiger partial charge in [-0.1, -0.05) is 6.07 Å². The van der Waals surface area contributed by atoms with Crippen LogP contribution in [-0.2, 0) is 20.9 Å². The van der Waals surface area contributed by atoms with Gasteiger partial charge in [-0.2, -0.15) is 0 Å². The van der Waals surface area contributed by atoms with E-state index in [-0.39, 0.29) is 23.7 Å². The molecule has 1 aromatic heterocycles. The summed E-state index contributed by atoms with van der Waals surface area (Å²) in [7, 11) is 0. The van der Waals surface area contributed by atoms with Gasteiger partial charge >= 0.3 is 0 Å². The van der Waals surface area contributed by atoms with E-state index < -0.39 is 0 Å². The third-order valence-electron chi connectivity index (χ3n) is 4.94. The zero-order chi connectivity index (χ0) is 16.8. The summed E-state index contributed by atoms with van der Waals surface area (Å²) in [4.78, 5) is 30.8. The van der Waals surface area contributed by atoms with Crippen molar-refractivity contribution in [3.05, 3.63) is 30.1 Å². The number of rotatable bonds is 4. The maximum Gasteiger partial charge on any atom is 0.225 e. The van der Waals surface area contributed by atoms with E-state index in [4.69, 9.17) is 4.74 Å². The lowest BCUT2D eigenvalue weighted by Crippen LogP contribution is -2.45. The van der Waals surface area contributed by atoms with E-state index in [0.29, 0.717) is 32.8 Å². The number of pyridine rings is 1. The zero-order valence-corrected chi connectivity index (χ0v) is 13.9. The molecule has 6 heteroatoms. The minimum absolute atomic E-state index is 0.000380. The maximum atomic E-state index is 12.5. The largest absolute Gasteiger partial charge is 0.381 e. The SMILES string of the molecule is O=C(NCc1cccnc1)C1CCN(C(=O)C2CCOCC2)CC1. The maximum absolute atomic E-state index is 12.5. The van der Waals surface area contributed by atoms with Gasteiger partial charge in [0.05, 0.1) is 0 Å². The molecule has 3 heterocycles. The quantitative estimate of drug-likeness (QED) is 0.904. The minimum atomic E-state index is 0.000380. The van der Waals surface area contributed by atoms with Crippen LogP contribution in [0.2, 0.25) is 0 Å². The van der Waals surface area contributed by atoms with Crippen molar-refractivity contribution in [2.24, 2.45) is 11.8 Å². The second-order valence-corrected chi connectivity index (χ2v) is 6.57. The third-order valence-corrected chi connectivity index (χ3v) is 4.94. The van der Waals surface area contributed by atoms with E-state index in [1.807, 2.05) is 17.0 Å². The van der Waals surface area contributed by atoms with Crippen LogP contribution in [0.3, 0.4) is 0 Å². The molecule has 0 spiro atoms. The normalized spacial score (nSPS) is 19.9. The van der Waals surface area contributed by atoms with Crippen LogP contribution in [0.4, 0.5) is 0 Å². The predicted octanol–water partition coefficient (Wildman–Crippen LogP) is 1.36. The van der Waals surface area contributed by atoms with Crippen molar-refractivity contribution in [2.75, 3.05) is 26.3 Å². The number of likely N-dealkylation sites (tertiary alicyclic amines) is 1. The average Bonchev–Trinajstić information content (AvgIpc) is 2.67. The van der Waals surface area contributed by atoms with E-state index in [1.165, 1.54) is 0 Å². The van der Waals surface area contributed by atoms with Crippen LogP contribution < -0.4 is 5.32 Å². The Bertz CT molecular complexity index is 550. The molecule has 2 aliphatic rings. The predicted molar refractivity (Wildman–Crippen MR) is 88.9 cm³/mol. The monoisotopic (exact) mass is 331 g/mol. The number of carbonyl (C=O) groups is 2.